The van der Waals surface area contributed by atoms with E-state index in [2.05, 4.69) is 0 Å². The molecule has 0 atom stereocenters. The molecule has 0 bridgehead atoms. The average Bonchev–Trinajstić information content (AvgIpc) is 2.98. The molecule has 0 saturated carbocycles. The van der Waals surface area contributed by atoms with Crippen molar-refractivity contribution in [3.8, 4) is 0 Å². The van der Waals surface area contributed by atoms with E-state index in [-0.39, 0.29) is 0 Å². The molecule has 0 fully saturated rings. The quantitative estimate of drug-likeness (QED) is 0.740. The van der Waals surface area contributed by atoms with Gasteiger partial charge in [-0.3, -0.25) is 0 Å². The summed E-state index contributed by atoms with van der Waals surface area (Å²) in [6.45, 7) is 0.537. The van der Waals surface area contributed by atoms with Gasteiger partial charge in [0.1, 0.15) is 5.03 Å². The van der Waals surface area contributed by atoms with Gasteiger partial charge in [0.25, 0.3) is 0 Å². The molecular weight excluding hydrogens is 282 g/mol. The monoisotopic (exact) mass is 297 g/mol. The van der Waals surface area contributed by atoms with Gasteiger partial charge in [-0.2, -0.15) is 0 Å². The zero-order chi connectivity index (χ0) is 14.7. The first-order valence-electron chi connectivity index (χ1n) is 6.67. The van der Waals surface area contributed by atoms with Crippen molar-refractivity contribution in [3.05, 3.63) is 84.6 Å². The van der Waals surface area contributed by atoms with Crippen LogP contribution in [-0.4, -0.2) is 13.0 Å². The standard InChI is InChI=1S/C17H15NO2S/c19-21(20,16-10-5-2-6-11-16)17-12-7-13-18(17)14-15-8-3-1-4-9-15/h1-13H,14H2. The van der Waals surface area contributed by atoms with Crippen molar-refractivity contribution in [1.29, 1.82) is 0 Å². The minimum atomic E-state index is -3.48. The van der Waals surface area contributed by atoms with E-state index < -0.39 is 9.84 Å². The van der Waals surface area contributed by atoms with Crippen LogP contribution in [0.25, 0.3) is 0 Å². The Labute approximate surface area is 124 Å². The third-order valence-corrected chi connectivity index (χ3v) is 5.13. The molecule has 1 aromatic heterocycles. The second-order valence-electron chi connectivity index (χ2n) is 4.78. The fourth-order valence-corrected chi connectivity index (χ4v) is 3.72. The van der Waals surface area contributed by atoms with Crippen molar-refractivity contribution in [3.63, 3.8) is 0 Å². The zero-order valence-corrected chi connectivity index (χ0v) is 12.2. The Morgan fingerprint density at radius 2 is 1.38 bits per heavy atom. The highest BCUT2D eigenvalue weighted by Crippen LogP contribution is 2.21. The Bertz CT molecular complexity index is 821. The van der Waals surface area contributed by atoms with Gasteiger partial charge in [0.05, 0.1) is 4.90 Å². The van der Waals surface area contributed by atoms with Crippen LogP contribution in [0, 0.1) is 0 Å². The van der Waals surface area contributed by atoms with Crippen LogP contribution >= 0.6 is 0 Å². The highest BCUT2D eigenvalue weighted by Gasteiger charge is 2.20. The summed E-state index contributed by atoms with van der Waals surface area (Å²) in [6.07, 6.45) is 1.79. The lowest BCUT2D eigenvalue weighted by Gasteiger charge is -2.10. The molecule has 0 aliphatic rings. The predicted octanol–water partition coefficient (Wildman–Crippen LogP) is 3.37. The van der Waals surface area contributed by atoms with Crippen LogP contribution in [0.1, 0.15) is 5.56 Å². The summed E-state index contributed by atoms with van der Waals surface area (Å²) in [6, 6.07) is 21.7. The molecule has 0 radical (unpaired) electrons. The van der Waals surface area contributed by atoms with Crippen LogP contribution in [-0.2, 0) is 16.4 Å². The third-order valence-electron chi connectivity index (χ3n) is 3.31. The van der Waals surface area contributed by atoms with Gasteiger partial charge in [0.15, 0.2) is 0 Å². The average molecular weight is 297 g/mol. The largest absolute Gasteiger partial charge is 0.334 e. The first-order valence-corrected chi connectivity index (χ1v) is 8.15. The Morgan fingerprint density at radius 1 is 0.762 bits per heavy atom. The number of sulfone groups is 1. The molecular formula is C17H15NO2S. The summed E-state index contributed by atoms with van der Waals surface area (Å²) in [5.74, 6) is 0. The number of rotatable bonds is 4. The van der Waals surface area contributed by atoms with Gasteiger partial charge in [-0.1, -0.05) is 48.5 Å². The van der Waals surface area contributed by atoms with E-state index in [1.807, 2.05) is 36.4 Å². The Kier molecular flexibility index (Phi) is 3.62. The first kappa shape index (κ1) is 13.6. The molecule has 21 heavy (non-hydrogen) atoms. The molecule has 3 nitrogen and oxygen atoms in total. The summed E-state index contributed by atoms with van der Waals surface area (Å²) in [7, 11) is -3.48. The number of hydrogen-bond acceptors (Lipinski definition) is 2. The molecule has 2 aromatic carbocycles. The van der Waals surface area contributed by atoms with E-state index in [0.717, 1.165) is 5.56 Å². The Morgan fingerprint density at radius 3 is 2.05 bits per heavy atom. The van der Waals surface area contributed by atoms with Crippen LogP contribution in [0.4, 0.5) is 0 Å². The number of aromatic nitrogens is 1. The minimum absolute atomic E-state index is 0.317. The highest BCUT2D eigenvalue weighted by atomic mass is 32.2. The lowest BCUT2D eigenvalue weighted by Crippen LogP contribution is -2.10. The van der Waals surface area contributed by atoms with Crippen LogP contribution in [0.15, 0.2) is 88.9 Å². The molecule has 3 aromatic rings. The summed E-state index contributed by atoms with van der Waals surface area (Å²) in [5, 5.41) is 0.317. The normalized spacial score (nSPS) is 11.4. The number of nitrogens with zero attached hydrogens (tertiary/aromatic N) is 1. The minimum Gasteiger partial charge on any atom is -0.334 e. The Balaban J connectivity index is 2.00. The molecule has 1 heterocycles. The van der Waals surface area contributed by atoms with Crippen molar-refractivity contribution >= 4 is 9.84 Å². The molecule has 0 saturated heterocycles. The SMILES string of the molecule is O=S(=O)(c1ccccc1)c1cccn1Cc1ccccc1. The molecule has 106 valence electrons. The summed E-state index contributed by atoms with van der Waals surface area (Å²) < 4.78 is 27.1. The second kappa shape index (κ2) is 5.58. The highest BCUT2D eigenvalue weighted by molar-refractivity contribution is 7.91. The fraction of sp³-hybridized carbons (Fsp3) is 0.0588. The van der Waals surface area contributed by atoms with E-state index in [1.165, 1.54) is 0 Å². The zero-order valence-electron chi connectivity index (χ0n) is 11.4. The van der Waals surface area contributed by atoms with Gasteiger partial charge in [-0.25, -0.2) is 8.42 Å². The van der Waals surface area contributed by atoms with Crippen molar-refractivity contribution in [1.82, 2.24) is 4.57 Å². The fourth-order valence-electron chi connectivity index (χ4n) is 2.27. The lowest BCUT2D eigenvalue weighted by atomic mass is 10.2. The smallest absolute Gasteiger partial charge is 0.222 e. The van der Waals surface area contributed by atoms with Crippen LogP contribution in [0.3, 0.4) is 0 Å². The van der Waals surface area contributed by atoms with E-state index in [1.54, 1.807) is 47.2 Å². The molecule has 0 spiro atoms. The van der Waals surface area contributed by atoms with Crippen molar-refractivity contribution in [2.75, 3.05) is 0 Å². The van der Waals surface area contributed by atoms with Gasteiger partial charge in [-0.05, 0) is 29.8 Å². The van der Waals surface area contributed by atoms with Crippen LogP contribution < -0.4 is 0 Å². The molecule has 0 unspecified atom stereocenters. The summed E-state index contributed by atoms with van der Waals surface area (Å²) in [5.41, 5.74) is 1.07. The van der Waals surface area contributed by atoms with Crippen LogP contribution in [0.2, 0.25) is 0 Å². The maximum atomic E-state index is 12.7. The van der Waals surface area contributed by atoms with Gasteiger partial charge < -0.3 is 4.57 Å². The predicted molar refractivity (Wildman–Crippen MR) is 81.9 cm³/mol. The molecule has 0 N–H and O–H groups in total. The first-order chi connectivity index (χ1) is 10.2. The van der Waals surface area contributed by atoms with Crippen molar-refractivity contribution in [2.24, 2.45) is 0 Å². The van der Waals surface area contributed by atoms with E-state index in [0.29, 0.717) is 16.5 Å². The molecule has 0 amide bonds. The molecule has 0 aliphatic heterocycles. The third kappa shape index (κ3) is 2.76. The van der Waals surface area contributed by atoms with E-state index in [9.17, 15) is 8.42 Å². The molecule has 4 heteroatoms. The maximum Gasteiger partial charge on any atom is 0.222 e. The topological polar surface area (TPSA) is 39.1 Å². The van der Waals surface area contributed by atoms with Gasteiger partial charge >= 0.3 is 0 Å². The Hall–Kier alpha value is -2.33. The molecule has 3 rings (SSSR count). The molecule has 0 aliphatic carbocycles. The lowest BCUT2D eigenvalue weighted by molar-refractivity contribution is 0.581. The number of benzene rings is 2. The maximum absolute atomic E-state index is 12.7. The van der Waals surface area contributed by atoms with Gasteiger partial charge in [-0.15, -0.1) is 0 Å². The van der Waals surface area contributed by atoms with Crippen LogP contribution in [0.5, 0.6) is 0 Å². The summed E-state index contributed by atoms with van der Waals surface area (Å²) in [4.78, 5) is 0.318. The van der Waals surface area contributed by atoms with Gasteiger partial charge in [0.2, 0.25) is 9.84 Å². The second-order valence-corrected chi connectivity index (χ2v) is 6.67. The van der Waals surface area contributed by atoms with E-state index >= 15 is 0 Å². The van der Waals surface area contributed by atoms with Crippen molar-refractivity contribution < 1.29 is 8.42 Å². The van der Waals surface area contributed by atoms with Gasteiger partial charge in [0, 0.05) is 12.7 Å². The number of hydrogen-bond donors (Lipinski definition) is 0. The van der Waals surface area contributed by atoms with Crippen molar-refractivity contribution in [2.45, 2.75) is 16.5 Å². The summed E-state index contributed by atoms with van der Waals surface area (Å²) >= 11 is 0. The van der Waals surface area contributed by atoms with E-state index in [4.69, 9.17) is 0 Å².